The molecule has 8 heteroatoms. The number of hydrogen-bond acceptors (Lipinski definition) is 6. The molecule has 3 aromatic rings. The van der Waals surface area contributed by atoms with Crippen molar-refractivity contribution in [2.24, 2.45) is 11.8 Å². The number of amides is 2. The maximum Gasteiger partial charge on any atom is 0.331 e. The standard InChI is InChI=1S/C28H25FN2O5/c1-3-36-19-15-13-18(14-16-19)31-25(32)22-23(26(31)33)28(27(34)35-2,17-9-5-4-6-10-17)30-24(22)20-11-7-8-12-21(20)29/h4-16,22-24,30H,3H2,1-2H3/t22-,23+,24-,28+/m0/s1. The van der Waals surface area contributed by atoms with Crippen molar-refractivity contribution in [2.45, 2.75) is 18.5 Å². The number of esters is 1. The summed E-state index contributed by atoms with van der Waals surface area (Å²) in [6, 6.07) is 20.3. The van der Waals surface area contributed by atoms with Crippen LogP contribution in [0.2, 0.25) is 0 Å². The van der Waals surface area contributed by atoms with Crippen molar-refractivity contribution in [1.82, 2.24) is 5.32 Å². The quantitative estimate of drug-likeness (QED) is 0.420. The van der Waals surface area contributed by atoms with E-state index >= 15 is 4.39 Å². The first-order chi connectivity index (χ1) is 17.4. The lowest BCUT2D eigenvalue weighted by molar-refractivity contribution is -0.152. The van der Waals surface area contributed by atoms with Crippen molar-refractivity contribution in [3.8, 4) is 5.75 Å². The molecule has 2 amide bonds. The average molecular weight is 489 g/mol. The van der Waals surface area contributed by atoms with Gasteiger partial charge in [-0.3, -0.25) is 14.9 Å². The van der Waals surface area contributed by atoms with Crippen molar-refractivity contribution >= 4 is 23.5 Å². The highest BCUT2D eigenvalue weighted by Gasteiger charge is 2.70. The molecular weight excluding hydrogens is 463 g/mol. The van der Waals surface area contributed by atoms with E-state index < -0.39 is 47.0 Å². The number of fused-ring (bicyclic) bond motifs is 1. The van der Waals surface area contributed by atoms with Crippen molar-refractivity contribution in [3.63, 3.8) is 0 Å². The molecule has 2 saturated heterocycles. The number of ether oxygens (including phenoxy) is 2. The molecule has 3 aromatic carbocycles. The molecule has 2 fully saturated rings. The molecule has 2 heterocycles. The van der Waals surface area contributed by atoms with Crippen molar-refractivity contribution < 1.29 is 28.2 Å². The second-order valence-electron chi connectivity index (χ2n) is 8.75. The van der Waals surface area contributed by atoms with Gasteiger partial charge in [-0.05, 0) is 42.8 Å². The number of benzene rings is 3. The van der Waals surface area contributed by atoms with Crippen LogP contribution in [0, 0.1) is 17.7 Å². The van der Waals surface area contributed by atoms with E-state index in [9.17, 15) is 14.4 Å². The van der Waals surface area contributed by atoms with Crippen LogP contribution < -0.4 is 15.0 Å². The van der Waals surface area contributed by atoms with Gasteiger partial charge in [-0.25, -0.2) is 14.1 Å². The highest BCUT2D eigenvalue weighted by molar-refractivity contribution is 6.24. The summed E-state index contributed by atoms with van der Waals surface area (Å²) in [6.45, 7) is 2.33. The van der Waals surface area contributed by atoms with Gasteiger partial charge in [0, 0.05) is 11.6 Å². The number of carbonyl (C=O) groups excluding carboxylic acids is 3. The Morgan fingerprint density at radius 1 is 0.972 bits per heavy atom. The fraction of sp³-hybridized carbons (Fsp3) is 0.250. The Morgan fingerprint density at radius 3 is 2.28 bits per heavy atom. The smallest absolute Gasteiger partial charge is 0.331 e. The van der Waals surface area contributed by atoms with Gasteiger partial charge < -0.3 is 9.47 Å². The predicted octanol–water partition coefficient (Wildman–Crippen LogP) is 3.74. The Bertz CT molecular complexity index is 1310. The molecule has 0 aromatic heterocycles. The van der Waals surface area contributed by atoms with E-state index in [-0.39, 0.29) is 5.56 Å². The SMILES string of the molecule is CCOc1ccc(N2C(=O)[C@@H]3[C@H](c4ccccc4F)N[C@](C(=O)OC)(c4ccccc4)[C@H]3C2=O)cc1. The lowest BCUT2D eigenvalue weighted by Crippen LogP contribution is -2.53. The zero-order chi connectivity index (χ0) is 25.4. The first-order valence-corrected chi connectivity index (χ1v) is 11.7. The monoisotopic (exact) mass is 488 g/mol. The number of nitrogens with one attached hydrogen (secondary N) is 1. The molecule has 0 spiro atoms. The van der Waals surface area contributed by atoms with Crippen LogP contribution >= 0.6 is 0 Å². The molecule has 36 heavy (non-hydrogen) atoms. The molecular formula is C28H25FN2O5. The third-order valence-corrected chi connectivity index (χ3v) is 6.94. The van der Waals surface area contributed by atoms with E-state index in [4.69, 9.17) is 9.47 Å². The fourth-order valence-corrected chi connectivity index (χ4v) is 5.45. The summed E-state index contributed by atoms with van der Waals surface area (Å²) in [6.07, 6.45) is 0. The van der Waals surface area contributed by atoms with E-state index in [0.717, 1.165) is 4.90 Å². The van der Waals surface area contributed by atoms with Crippen LogP contribution in [0.4, 0.5) is 10.1 Å². The van der Waals surface area contributed by atoms with Gasteiger partial charge in [0.15, 0.2) is 5.54 Å². The Balaban J connectivity index is 1.69. The molecule has 0 aliphatic carbocycles. The largest absolute Gasteiger partial charge is 0.494 e. The molecule has 2 aliphatic heterocycles. The summed E-state index contributed by atoms with van der Waals surface area (Å²) < 4.78 is 25.7. The van der Waals surface area contributed by atoms with Crippen molar-refractivity contribution in [3.05, 3.63) is 95.8 Å². The van der Waals surface area contributed by atoms with E-state index in [2.05, 4.69) is 5.32 Å². The minimum atomic E-state index is -1.69. The molecule has 5 rings (SSSR count). The number of rotatable bonds is 6. The lowest BCUT2D eigenvalue weighted by atomic mass is 9.75. The Kier molecular flexibility index (Phi) is 6.05. The molecule has 0 radical (unpaired) electrons. The topological polar surface area (TPSA) is 84.9 Å². The zero-order valence-electron chi connectivity index (χ0n) is 19.8. The summed E-state index contributed by atoms with van der Waals surface area (Å²) >= 11 is 0. The van der Waals surface area contributed by atoms with E-state index in [1.165, 1.54) is 13.2 Å². The van der Waals surface area contributed by atoms with Gasteiger partial charge in [-0.15, -0.1) is 0 Å². The number of methoxy groups -OCH3 is 1. The molecule has 1 N–H and O–H groups in total. The zero-order valence-corrected chi connectivity index (χ0v) is 19.8. The van der Waals surface area contributed by atoms with Gasteiger partial charge in [0.05, 0.1) is 31.2 Å². The third kappa shape index (κ3) is 3.48. The molecule has 0 unspecified atom stereocenters. The predicted molar refractivity (Wildman–Crippen MR) is 129 cm³/mol. The number of anilines is 1. The van der Waals surface area contributed by atoms with Crippen LogP contribution in [0.25, 0.3) is 0 Å². The van der Waals surface area contributed by atoms with E-state index in [1.807, 2.05) is 6.92 Å². The van der Waals surface area contributed by atoms with Gasteiger partial charge in [0.25, 0.3) is 0 Å². The van der Waals surface area contributed by atoms with E-state index in [1.54, 1.807) is 72.8 Å². The Morgan fingerprint density at radius 2 is 1.64 bits per heavy atom. The second-order valence-corrected chi connectivity index (χ2v) is 8.75. The first kappa shape index (κ1) is 23.7. The van der Waals surface area contributed by atoms with Crippen LogP contribution in [0.3, 0.4) is 0 Å². The maximum absolute atomic E-state index is 15.0. The average Bonchev–Trinajstić information content (AvgIpc) is 3.39. The molecule has 2 aliphatic rings. The first-order valence-electron chi connectivity index (χ1n) is 11.7. The normalized spacial score (nSPS) is 25.1. The van der Waals surface area contributed by atoms with Crippen LogP contribution in [0.5, 0.6) is 5.75 Å². The highest BCUT2D eigenvalue weighted by atomic mass is 19.1. The summed E-state index contributed by atoms with van der Waals surface area (Å²) in [4.78, 5) is 42.5. The Labute approximate surface area is 207 Å². The molecule has 0 saturated carbocycles. The minimum absolute atomic E-state index is 0.198. The minimum Gasteiger partial charge on any atom is -0.494 e. The second kappa shape index (κ2) is 9.20. The molecule has 7 nitrogen and oxygen atoms in total. The van der Waals surface area contributed by atoms with Crippen LogP contribution in [-0.2, 0) is 24.7 Å². The summed E-state index contributed by atoms with van der Waals surface area (Å²) in [5, 5.41) is 3.19. The van der Waals surface area contributed by atoms with Crippen LogP contribution in [-0.4, -0.2) is 31.5 Å². The summed E-state index contributed by atoms with van der Waals surface area (Å²) in [7, 11) is 1.23. The van der Waals surface area contributed by atoms with Gasteiger partial charge in [0.2, 0.25) is 11.8 Å². The number of imide groups is 1. The fourth-order valence-electron chi connectivity index (χ4n) is 5.45. The number of hydrogen-bond donors (Lipinski definition) is 1. The van der Waals surface area contributed by atoms with Crippen molar-refractivity contribution in [1.29, 1.82) is 0 Å². The maximum atomic E-state index is 15.0. The number of halogens is 1. The van der Waals surface area contributed by atoms with Crippen LogP contribution in [0.15, 0.2) is 78.9 Å². The number of carbonyl (C=O) groups is 3. The van der Waals surface area contributed by atoms with Crippen LogP contribution in [0.1, 0.15) is 24.1 Å². The van der Waals surface area contributed by atoms with Gasteiger partial charge >= 0.3 is 5.97 Å². The van der Waals surface area contributed by atoms with E-state index in [0.29, 0.717) is 23.6 Å². The highest BCUT2D eigenvalue weighted by Crippen LogP contribution is 2.54. The van der Waals surface area contributed by atoms with Gasteiger partial charge in [-0.2, -0.15) is 0 Å². The third-order valence-electron chi connectivity index (χ3n) is 6.94. The molecule has 0 bridgehead atoms. The summed E-state index contributed by atoms with van der Waals surface area (Å²) in [5.74, 6) is -3.94. The number of nitrogens with zero attached hydrogens (tertiary/aromatic N) is 1. The molecule has 4 atom stereocenters. The lowest BCUT2D eigenvalue weighted by Gasteiger charge is -2.33. The molecule has 184 valence electrons. The summed E-state index contributed by atoms with van der Waals surface area (Å²) in [5.41, 5.74) is -0.688. The van der Waals surface area contributed by atoms with Gasteiger partial charge in [-0.1, -0.05) is 48.5 Å². The van der Waals surface area contributed by atoms with Crippen molar-refractivity contribution in [2.75, 3.05) is 18.6 Å². The van der Waals surface area contributed by atoms with Gasteiger partial charge in [0.1, 0.15) is 11.6 Å². The Hall–Kier alpha value is -4.04.